The van der Waals surface area contributed by atoms with Crippen molar-refractivity contribution >= 4 is 28.3 Å². The maximum atomic E-state index is 5.96. The summed E-state index contributed by atoms with van der Waals surface area (Å²) in [6.07, 6.45) is 0. The molecule has 102 valence electrons. The van der Waals surface area contributed by atoms with Crippen LogP contribution in [-0.2, 0) is 6.54 Å². The largest absolute Gasteiger partial charge is 0.378 e. The first-order valence-electron chi connectivity index (χ1n) is 6.57. The molecule has 0 aliphatic rings. The van der Waals surface area contributed by atoms with Crippen LogP contribution >= 0.6 is 11.6 Å². The Morgan fingerprint density at radius 3 is 2.75 bits per heavy atom. The minimum atomic E-state index is 0.646. The van der Waals surface area contributed by atoms with Gasteiger partial charge in [0.15, 0.2) is 0 Å². The van der Waals surface area contributed by atoms with Crippen molar-refractivity contribution in [3.8, 4) is 0 Å². The predicted molar refractivity (Wildman–Crippen MR) is 84.3 cm³/mol. The highest BCUT2D eigenvalue weighted by atomic mass is 35.5. The fraction of sp³-hybridized carbons (Fsp3) is 0.188. The van der Waals surface area contributed by atoms with Gasteiger partial charge < -0.3 is 10.3 Å². The number of nitrogens with zero attached hydrogens (tertiary/aromatic N) is 1. The van der Waals surface area contributed by atoms with Crippen LogP contribution in [0.5, 0.6) is 0 Å². The third-order valence-electron chi connectivity index (χ3n) is 3.43. The molecule has 0 aliphatic carbocycles. The second-order valence-electron chi connectivity index (χ2n) is 5.00. The smallest absolute Gasteiger partial charge is 0.126 e. The summed E-state index contributed by atoms with van der Waals surface area (Å²) in [5.41, 5.74) is 5.62. The number of anilines is 1. The molecule has 20 heavy (non-hydrogen) atoms. The highest BCUT2D eigenvalue weighted by molar-refractivity contribution is 6.30. The van der Waals surface area contributed by atoms with Gasteiger partial charge in [0.25, 0.3) is 0 Å². The van der Waals surface area contributed by atoms with Gasteiger partial charge in [-0.05, 0) is 55.3 Å². The number of imidazole rings is 1. The minimum Gasteiger partial charge on any atom is -0.378 e. The van der Waals surface area contributed by atoms with Crippen molar-refractivity contribution in [2.75, 3.05) is 5.32 Å². The number of nitrogens with one attached hydrogen (secondary N) is 2. The maximum Gasteiger partial charge on any atom is 0.126 e. The molecule has 0 amide bonds. The number of fused-ring (bicyclic) bond motifs is 1. The molecule has 0 saturated heterocycles. The topological polar surface area (TPSA) is 40.7 Å². The molecule has 0 fully saturated rings. The molecule has 3 rings (SSSR count). The summed E-state index contributed by atoms with van der Waals surface area (Å²) < 4.78 is 0. The summed E-state index contributed by atoms with van der Waals surface area (Å²) in [6, 6.07) is 11.9. The van der Waals surface area contributed by atoms with Crippen molar-refractivity contribution in [1.82, 2.24) is 9.97 Å². The summed E-state index contributed by atoms with van der Waals surface area (Å²) in [7, 11) is 0. The van der Waals surface area contributed by atoms with Crippen molar-refractivity contribution in [3.05, 3.63) is 58.4 Å². The van der Waals surface area contributed by atoms with Gasteiger partial charge in [-0.2, -0.15) is 0 Å². The number of aromatic nitrogens is 2. The Morgan fingerprint density at radius 1 is 1.15 bits per heavy atom. The van der Waals surface area contributed by atoms with Crippen LogP contribution in [0.4, 0.5) is 5.69 Å². The highest BCUT2D eigenvalue weighted by Gasteiger charge is 2.04. The summed E-state index contributed by atoms with van der Waals surface area (Å²) in [6.45, 7) is 4.86. The molecule has 0 radical (unpaired) electrons. The van der Waals surface area contributed by atoms with Gasteiger partial charge in [0.1, 0.15) is 5.82 Å². The van der Waals surface area contributed by atoms with E-state index in [0.29, 0.717) is 6.54 Å². The van der Waals surface area contributed by atoms with Crippen molar-refractivity contribution in [2.45, 2.75) is 20.4 Å². The van der Waals surface area contributed by atoms with Crippen LogP contribution in [0, 0.1) is 13.8 Å². The van der Waals surface area contributed by atoms with E-state index in [-0.39, 0.29) is 0 Å². The van der Waals surface area contributed by atoms with Crippen molar-refractivity contribution in [3.63, 3.8) is 0 Å². The van der Waals surface area contributed by atoms with Gasteiger partial charge in [0, 0.05) is 10.7 Å². The lowest BCUT2D eigenvalue weighted by atomic mass is 10.1. The van der Waals surface area contributed by atoms with Gasteiger partial charge in [0.05, 0.1) is 17.6 Å². The molecule has 3 aromatic rings. The van der Waals surface area contributed by atoms with E-state index in [4.69, 9.17) is 11.6 Å². The predicted octanol–water partition coefficient (Wildman–Crippen LogP) is 4.45. The van der Waals surface area contributed by atoms with Crippen molar-refractivity contribution in [1.29, 1.82) is 0 Å². The van der Waals surface area contributed by atoms with Gasteiger partial charge >= 0.3 is 0 Å². The second-order valence-corrected chi connectivity index (χ2v) is 5.44. The third kappa shape index (κ3) is 2.63. The average molecular weight is 286 g/mol. The first kappa shape index (κ1) is 13.0. The molecule has 1 aromatic heterocycles. The number of H-pyrrole nitrogens is 1. The van der Waals surface area contributed by atoms with E-state index in [1.165, 1.54) is 11.1 Å². The van der Waals surface area contributed by atoms with E-state index >= 15 is 0 Å². The van der Waals surface area contributed by atoms with Crippen molar-refractivity contribution in [2.24, 2.45) is 0 Å². The van der Waals surface area contributed by atoms with Gasteiger partial charge in [0.2, 0.25) is 0 Å². The molecule has 0 atom stereocenters. The second kappa shape index (κ2) is 5.17. The zero-order valence-corrected chi connectivity index (χ0v) is 12.3. The van der Waals surface area contributed by atoms with E-state index < -0.39 is 0 Å². The Morgan fingerprint density at radius 2 is 1.95 bits per heavy atom. The Kier molecular flexibility index (Phi) is 3.36. The van der Waals surface area contributed by atoms with Gasteiger partial charge in [-0.3, -0.25) is 0 Å². The monoisotopic (exact) mass is 285 g/mol. The lowest BCUT2D eigenvalue weighted by Crippen LogP contribution is -2.00. The molecule has 2 N–H and O–H groups in total. The zero-order chi connectivity index (χ0) is 14.1. The lowest BCUT2D eigenvalue weighted by molar-refractivity contribution is 1.01. The molecule has 4 heteroatoms. The molecule has 0 bridgehead atoms. The molecule has 2 aromatic carbocycles. The fourth-order valence-electron chi connectivity index (χ4n) is 2.19. The summed E-state index contributed by atoms with van der Waals surface area (Å²) in [5, 5.41) is 4.04. The molecule has 0 spiro atoms. The van der Waals surface area contributed by atoms with E-state index in [2.05, 4.69) is 41.3 Å². The number of aromatic amines is 1. The van der Waals surface area contributed by atoms with Crippen LogP contribution in [0.3, 0.4) is 0 Å². The number of benzene rings is 2. The standard InChI is InChI=1S/C16H16ClN3/c1-10-6-14-15(7-11(10)2)20-16(19-14)9-18-13-5-3-4-12(17)8-13/h3-8,18H,9H2,1-2H3,(H,19,20). The molecular formula is C16H16ClN3. The normalized spacial score (nSPS) is 10.9. The Hall–Kier alpha value is -2.00. The number of halogens is 1. The van der Waals surface area contributed by atoms with E-state index in [1.807, 2.05) is 24.3 Å². The number of hydrogen-bond acceptors (Lipinski definition) is 2. The molecular weight excluding hydrogens is 270 g/mol. The Labute approximate surface area is 123 Å². The Balaban J connectivity index is 1.81. The summed E-state index contributed by atoms with van der Waals surface area (Å²) in [5.74, 6) is 0.921. The van der Waals surface area contributed by atoms with Crippen LogP contribution < -0.4 is 5.32 Å². The average Bonchev–Trinajstić information content (AvgIpc) is 2.79. The lowest BCUT2D eigenvalue weighted by Gasteiger charge is -2.04. The van der Waals surface area contributed by atoms with Crippen LogP contribution in [-0.4, -0.2) is 9.97 Å². The zero-order valence-electron chi connectivity index (χ0n) is 11.5. The number of aryl methyl sites for hydroxylation is 2. The molecule has 0 saturated carbocycles. The summed E-state index contributed by atoms with van der Waals surface area (Å²) >= 11 is 5.96. The van der Waals surface area contributed by atoms with Gasteiger partial charge in [-0.25, -0.2) is 4.98 Å². The van der Waals surface area contributed by atoms with Crippen molar-refractivity contribution < 1.29 is 0 Å². The van der Waals surface area contributed by atoms with Crippen LogP contribution in [0.25, 0.3) is 11.0 Å². The SMILES string of the molecule is Cc1cc2nc(CNc3cccc(Cl)c3)[nH]c2cc1C. The minimum absolute atomic E-state index is 0.646. The number of hydrogen-bond donors (Lipinski definition) is 2. The molecule has 0 unspecified atom stereocenters. The van der Waals surface area contributed by atoms with Gasteiger partial charge in [-0.1, -0.05) is 17.7 Å². The Bertz CT molecular complexity index is 723. The van der Waals surface area contributed by atoms with E-state index in [9.17, 15) is 0 Å². The highest BCUT2D eigenvalue weighted by Crippen LogP contribution is 2.19. The molecule has 3 nitrogen and oxygen atoms in total. The third-order valence-corrected chi connectivity index (χ3v) is 3.67. The molecule has 0 aliphatic heterocycles. The van der Waals surface area contributed by atoms with E-state index in [0.717, 1.165) is 27.6 Å². The van der Waals surface area contributed by atoms with Crippen LogP contribution in [0.1, 0.15) is 17.0 Å². The van der Waals surface area contributed by atoms with E-state index in [1.54, 1.807) is 0 Å². The van der Waals surface area contributed by atoms with Gasteiger partial charge in [-0.15, -0.1) is 0 Å². The molecule has 1 heterocycles. The van der Waals surface area contributed by atoms with Crippen LogP contribution in [0.15, 0.2) is 36.4 Å². The maximum absolute atomic E-state index is 5.96. The summed E-state index contributed by atoms with van der Waals surface area (Å²) in [4.78, 5) is 7.94. The first-order chi connectivity index (χ1) is 9.61. The fourth-order valence-corrected chi connectivity index (χ4v) is 2.38. The van der Waals surface area contributed by atoms with Crippen LogP contribution in [0.2, 0.25) is 5.02 Å². The quantitative estimate of drug-likeness (QED) is 0.746. The first-order valence-corrected chi connectivity index (χ1v) is 6.95. The number of rotatable bonds is 3.